The van der Waals surface area contributed by atoms with Crippen LogP contribution in [-0.2, 0) is 0 Å². The monoisotopic (exact) mass is 267 g/mol. The van der Waals surface area contributed by atoms with E-state index in [1.54, 1.807) is 5.56 Å². The van der Waals surface area contributed by atoms with E-state index in [2.05, 4.69) is 46.4 Å². The summed E-state index contributed by atoms with van der Waals surface area (Å²) < 4.78 is 1.21. The number of fused-ring (bicyclic) bond motifs is 1. The Morgan fingerprint density at radius 1 is 1.33 bits per heavy atom. The van der Waals surface area contributed by atoms with E-state index >= 15 is 0 Å². The van der Waals surface area contributed by atoms with Crippen LogP contribution < -0.4 is 5.32 Å². The fourth-order valence-electron chi connectivity index (χ4n) is 2.57. The van der Waals surface area contributed by atoms with Crippen molar-refractivity contribution < 1.29 is 0 Å². The number of hydrogen-bond acceptors (Lipinski definition) is 1. The lowest BCUT2D eigenvalue weighted by molar-refractivity contribution is 0.487. The summed E-state index contributed by atoms with van der Waals surface area (Å²) in [5, 5.41) is 3.30. The van der Waals surface area contributed by atoms with Gasteiger partial charge >= 0.3 is 0 Å². The number of nitrogens with one attached hydrogen (secondary N) is 1. The Hall–Kier alpha value is -0.340. The molecule has 0 bridgehead atoms. The molecule has 0 spiro atoms. The van der Waals surface area contributed by atoms with Crippen molar-refractivity contribution in [2.45, 2.75) is 31.6 Å². The maximum absolute atomic E-state index is 3.57. The van der Waals surface area contributed by atoms with E-state index in [4.69, 9.17) is 0 Å². The second-order valence-electron chi connectivity index (χ2n) is 4.51. The van der Waals surface area contributed by atoms with Crippen LogP contribution in [-0.4, -0.2) is 13.6 Å². The minimum atomic E-state index is 0.693. The fraction of sp³-hybridized carbons (Fsp3) is 0.538. The molecule has 1 aliphatic carbocycles. The van der Waals surface area contributed by atoms with Crippen molar-refractivity contribution in [3.63, 3.8) is 0 Å². The van der Waals surface area contributed by atoms with Crippen molar-refractivity contribution in [3.05, 3.63) is 33.8 Å². The molecule has 2 heteroatoms. The van der Waals surface area contributed by atoms with Gasteiger partial charge in [-0.2, -0.15) is 0 Å². The van der Waals surface area contributed by atoms with Gasteiger partial charge in [-0.05, 0) is 55.0 Å². The Morgan fingerprint density at radius 3 is 2.87 bits per heavy atom. The SMILES string of the molecule is CNCC1CCC(C)c2ccc(Br)cc21. The normalized spacial score (nSPS) is 25.0. The number of likely N-dealkylation sites (N-methyl/N-ethyl adjacent to an activating group) is 1. The Bertz CT molecular complexity index is 348. The average Bonchev–Trinajstić information content (AvgIpc) is 2.22. The summed E-state index contributed by atoms with van der Waals surface area (Å²) in [6, 6.07) is 6.75. The van der Waals surface area contributed by atoms with Gasteiger partial charge in [0.25, 0.3) is 0 Å². The molecule has 0 saturated carbocycles. The zero-order valence-electron chi connectivity index (χ0n) is 9.39. The molecule has 2 atom stereocenters. The summed E-state index contributed by atoms with van der Waals surface area (Å²) in [6.07, 6.45) is 2.63. The van der Waals surface area contributed by atoms with Crippen molar-refractivity contribution in [3.8, 4) is 0 Å². The largest absolute Gasteiger partial charge is 0.319 e. The average molecular weight is 268 g/mol. The number of halogens is 1. The number of rotatable bonds is 2. The minimum Gasteiger partial charge on any atom is -0.319 e. The molecule has 1 aliphatic rings. The molecule has 82 valence electrons. The van der Waals surface area contributed by atoms with Crippen LogP contribution in [0.25, 0.3) is 0 Å². The van der Waals surface area contributed by atoms with Gasteiger partial charge < -0.3 is 5.32 Å². The standard InChI is InChI=1S/C13H18BrN/c1-9-3-4-10(8-15-2)13-7-11(14)5-6-12(9)13/h5-7,9-10,15H,3-4,8H2,1-2H3. The molecule has 0 aliphatic heterocycles. The second kappa shape index (κ2) is 4.67. The fourth-order valence-corrected chi connectivity index (χ4v) is 2.95. The molecule has 2 unspecified atom stereocenters. The van der Waals surface area contributed by atoms with Crippen molar-refractivity contribution in [2.75, 3.05) is 13.6 Å². The van der Waals surface area contributed by atoms with Crippen LogP contribution in [0, 0.1) is 0 Å². The van der Waals surface area contributed by atoms with Crippen molar-refractivity contribution in [1.29, 1.82) is 0 Å². The van der Waals surface area contributed by atoms with E-state index in [1.165, 1.54) is 22.9 Å². The summed E-state index contributed by atoms with van der Waals surface area (Å²) >= 11 is 3.57. The molecule has 15 heavy (non-hydrogen) atoms. The van der Waals surface area contributed by atoms with Gasteiger partial charge in [-0.25, -0.2) is 0 Å². The molecular formula is C13H18BrN. The zero-order valence-corrected chi connectivity index (χ0v) is 11.0. The van der Waals surface area contributed by atoms with E-state index in [0.717, 1.165) is 12.5 Å². The van der Waals surface area contributed by atoms with Gasteiger partial charge in [0.15, 0.2) is 0 Å². The van der Waals surface area contributed by atoms with Crippen LogP contribution in [0.2, 0.25) is 0 Å². The minimum absolute atomic E-state index is 0.693. The third kappa shape index (κ3) is 2.26. The van der Waals surface area contributed by atoms with E-state index < -0.39 is 0 Å². The number of hydrogen-bond donors (Lipinski definition) is 1. The highest BCUT2D eigenvalue weighted by atomic mass is 79.9. The molecule has 1 aromatic rings. The highest BCUT2D eigenvalue weighted by Gasteiger charge is 2.24. The molecule has 0 saturated heterocycles. The van der Waals surface area contributed by atoms with E-state index in [-0.39, 0.29) is 0 Å². The van der Waals surface area contributed by atoms with Gasteiger partial charge in [-0.1, -0.05) is 28.9 Å². The Morgan fingerprint density at radius 2 is 2.13 bits per heavy atom. The Kier molecular flexibility index (Phi) is 3.47. The lowest BCUT2D eigenvalue weighted by Gasteiger charge is -2.29. The first-order valence-corrected chi connectivity index (χ1v) is 6.45. The highest BCUT2D eigenvalue weighted by molar-refractivity contribution is 9.10. The van der Waals surface area contributed by atoms with Crippen LogP contribution >= 0.6 is 15.9 Å². The van der Waals surface area contributed by atoms with Crippen molar-refractivity contribution in [1.82, 2.24) is 5.32 Å². The van der Waals surface area contributed by atoms with Crippen molar-refractivity contribution in [2.24, 2.45) is 0 Å². The van der Waals surface area contributed by atoms with Crippen LogP contribution in [0.15, 0.2) is 22.7 Å². The quantitative estimate of drug-likeness (QED) is 0.863. The highest BCUT2D eigenvalue weighted by Crippen LogP contribution is 2.39. The predicted octanol–water partition coefficient (Wildman–Crippen LogP) is 3.65. The molecule has 1 N–H and O–H groups in total. The molecule has 0 fully saturated rings. The molecule has 0 radical (unpaired) electrons. The topological polar surface area (TPSA) is 12.0 Å². The van der Waals surface area contributed by atoms with Gasteiger partial charge in [0.2, 0.25) is 0 Å². The van der Waals surface area contributed by atoms with E-state index in [1.807, 2.05) is 7.05 Å². The Labute approximate surface area is 100 Å². The summed E-state index contributed by atoms with van der Waals surface area (Å²) in [6.45, 7) is 3.43. The summed E-state index contributed by atoms with van der Waals surface area (Å²) in [4.78, 5) is 0. The van der Waals surface area contributed by atoms with Gasteiger partial charge in [-0.3, -0.25) is 0 Å². The Balaban J connectivity index is 2.37. The summed E-state index contributed by atoms with van der Waals surface area (Å²) in [7, 11) is 2.04. The third-order valence-corrected chi connectivity index (χ3v) is 3.91. The van der Waals surface area contributed by atoms with Crippen LogP contribution in [0.1, 0.15) is 42.7 Å². The van der Waals surface area contributed by atoms with Gasteiger partial charge in [0.1, 0.15) is 0 Å². The first-order chi connectivity index (χ1) is 7.22. The van der Waals surface area contributed by atoms with Crippen LogP contribution in [0.5, 0.6) is 0 Å². The first-order valence-electron chi connectivity index (χ1n) is 5.66. The molecule has 0 aromatic heterocycles. The predicted molar refractivity (Wildman–Crippen MR) is 68.5 cm³/mol. The second-order valence-corrected chi connectivity index (χ2v) is 5.42. The van der Waals surface area contributed by atoms with Gasteiger partial charge in [0, 0.05) is 11.0 Å². The maximum atomic E-state index is 3.57. The molecule has 2 rings (SSSR count). The van der Waals surface area contributed by atoms with E-state index in [0.29, 0.717) is 5.92 Å². The molecule has 0 amide bonds. The van der Waals surface area contributed by atoms with Crippen LogP contribution in [0.4, 0.5) is 0 Å². The van der Waals surface area contributed by atoms with Crippen molar-refractivity contribution >= 4 is 15.9 Å². The smallest absolute Gasteiger partial charge is 0.0178 e. The van der Waals surface area contributed by atoms with E-state index in [9.17, 15) is 0 Å². The lowest BCUT2D eigenvalue weighted by Crippen LogP contribution is -2.22. The summed E-state index contributed by atoms with van der Waals surface area (Å²) in [5.41, 5.74) is 3.09. The lowest BCUT2D eigenvalue weighted by atomic mass is 9.77. The number of benzene rings is 1. The van der Waals surface area contributed by atoms with Gasteiger partial charge in [-0.15, -0.1) is 0 Å². The molecule has 1 aromatic carbocycles. The maximum Gasteiger partial charge on any atom is 0.0178 e. The third-order valence-electron chi connectivity index (χ3n) is 3.42. The first kappa shape index (κ1) is 11.2. The van der Waals surface area contributed by atoms with Gasteiger partial charge in [0.05, 0.1) is 0 Å². The molecule has 0 heterocycles. The molecule has 1 nitrogen and oxygen atoms in total. The summed E-state index contributed by atoms with van der Waals surface area (Å²) in [5.74, 6) is 1.42. The van der Waals surface area contributed by atoms with Crippen LogP contribution in [0.3, 0.4) is 0 Å². The zero-order chi connectivity index (χ0) is 10.8. The molecular weight excluding hydrogens is 250 g/mol.